The summed E-state index contributed by atoms with van der Waals surface area (Å²) in [6.45, 7) is 4.58. The molecule has 0 spiro atoms. The first kappa shape index (κ1) is 20.7. The van der Waals surface area contributed by atoms with Gasteiger partial charge in [-0.25, -0.2) is 8.42 Å². The van der Waals surface area contributed by atoms with E-state index in [0.717, 1.165) is 17.5 Å². The summed E-state index contributed by atoms with van der Waals surface area (Å²) in [5, 5.41) is 5.08. The molecule has 0 amide bonds. The Morgan fingerprint density at radius 2 is 1.75 bits per heavy atom. The third-order valence-electron chi connectivity index (χ3n) is 4.61. The molecule has 3 rings (SSSR count). The second-order valence-electron chi connectivity index (χ2n) is 6.60. The predicted molar refractivity (Wildman–Crippen MR) is 114 cm³/mol. The first-order chi connectivity index (χ1) is 13.3. The Bertz CT molecular complexity index is 1060. The Labute approximate surface area is 175 Å². The zero-order valence-electron chi connectivity index (χ0n) is 15.6. The highest BCUT2D eigenvalue weighted by atomic mass is 35.5. The van der Waals surface area contributed by atoms with Crippen LogP contribution in [0.4, 0.5) is 5.82 Å². The molecule has 0 aliphatic carbocycles. The molecule has 0 radical (unpaired) electrons. The van der Waals surface area contributed by atoms with Crippen LogP contribution in [-0.4, -0.2) is 18.2 Å². The number of benzene rings is 2. The molecule has 1 heterocycles. The monoisotopic (exact) mass is 437 g/mol. The number of nitrogens with zero attached hydrogens (tertiary/aromatic N) is 2. The molecular formula is C20H21Cl2N3O2S. The van der Waals surface area contributed by atoms with Crippen LogP contribution in [0.2, 0.25) is 10.0 Å². The van der Waals surface area contributed by atoms with Crippen LogP contribution in [0.3, 0.4) is 0 Å². The lowest BCUT2D eigenvalue weighted by molar-refractivity contribution is 0.600. The average Bonchev–Trinajstić information content (AvgIpc) is 3.01. The van der Waals surface area contributed by atoms with Crippen molar-refractivity contribution in [2.24, 2.45) is 0 Å². The van der Waals surface area contributed by atoms with Gasteiger partial charge in [-0.15, -0.1) is 0 Å². The molecule has 0 aliphatic rings. The van der Waals surface area contributed by atoms with Crippen LogP contribution in [-0.2, 0) is 16.6 Å². The van der Waals surface area contributed by atoms with Crippen LogP contribution in [0.5, 0.6) is 0 Å². The minimum Gasteiger partial charge on any atom is -0.265 e. The van der Waals surface area contributed by atoms with Gasteiger partial charge in [-0.05, 0) is 41.7 Å². The van der Waals surface area contributed by atoms with Gasteiger partial charge in [-0.3, -0.25) is 9.40 Å². The van der Waals surface area contributed by atoms with E-state index in [1.54, 1.807) is 29.1 Å². The molecule has 0 saturated heterocycles. The number of aromatic nitrogens is 2. The second kappa shape index (κ2) is 8.55. The highest BCUT2D eigenvalue weighted by Crippen LogP contribution is 2.26. The predicted octanol–water partition coefficient (Wildman–Crippen LogP) is 5.55. The van der Waals surface area contributed by atoms with Crippen molar-refractivity contribution in [2.45, 2.75) is 37.6 Å². The van der Waals surface area contributed by atoms with Crippen LogP contribution in [0.15, 0.2) is 59.6 Å². The highest BCUT2D eigenvalue weighted by Gasteiger charge is 2.19. The van der Waals surface area contributed by atoms with Crippen molar-refractivity contribution < 1.29 is 8.42 Å². The highest BCUT2D eigenvalue weighted by molar-refractivity contribution is 7.92. The standard InChI is InChI=1S/C20H21Cl2N3O2S/c1-3-14(2)15-8-10-17(11-9-15)28(26,27)24-20-19(22)13-25(23-20)12-16-6-4-5-7-18(16)21/h4-11,13-14H,3,12H2,1-2H3,(H,23,24). The van der Waals surface area contributed by atoms with Crippen molar-refractivity contribution in [1.82, 2.24) is 9.78 Å². The molecule has 0 fully saturated rings. The van der Waals surface area contributed by atoms with E-state index in [-0.39, 0.29) is 15.7 Å². The van der Waals surface area contributed by atoms with Crippen molar-refractivity contribution >= 4 is 39.0 Å². The first-order valence-electron chi connectivity index (χ1n) is 8.89. The normalized spacial score (nSPS) is 12.7. The quantitative estimate of drug-likeness (QED) is 0.526. The van der Waals surface area contributed by atoms with E-state index in [4.69, 9.17) is 23.2 Å². The van der Waals surface area contributed by atoms with E-state index >= 15 is 0 Å². The van der Waals surface area contributed by atoms with E-state index in [0.29, 0.717) is 17.5 Å². The molecule has 1 N–H and O–H groups in total. The maximum absolute atomic E-state index is 12.7. The van der Waals surface area contributed by atoms with E-state index in [2.05, 4.69) is 23.7 Å². The molecule has 0 bridgehead atoms. The molecule has 8 heteroatoms. The molecule has 5 nitrogen and oxygen atoms in total. The summed E-state index contributed by atoms with van der Waals surface area (Å²) in [4.78, 5) is 0.163. The number of hydrogen-bond donors (Lipinski definition) is 1. The fourth-order valence-electron chi connectivity index (χ4n) is 2.75. The lowest BCUT2D eigenvalue weighted by Gasteiger charge is -2.10. The summed E-state index contributed by atoms with van der Waals surface area (Å²) in [5.41, 5.74) is 1.96. The lowest BCUT2D eigenvalue weighted by atomic mass is 9.99. The van der Waals surface area contributed by atoms with Gasteiger partial charge in [0.25, 0.3) is 10.0 Å². The SMILES string of the molecule is CCC(C)c1ccc(S(=O)(=O)Nc2nn(Cc3ccccc3Cl)cc2Cl)cc1. The van der Waals surface area contributed by atoms with Gasteiger partial charge < -0.3 is 0 Å². The van der Waals surface area contributed by atoms with Crippen LogP contribution in [0.1, 0.15) is 37.3 Å². The summed E-state index contributed by atoms with van der Waals surface area (Å²) in [7, 11) is -3.79. The average molecular weight is 438 g/mol. The molecule has 3 aromatic rings. The number of rotatable bonds is 7. The Balaban J connectivity index is 1.79. The fourth-order valence-corrected chi connectivity index (χ4v) is 4.21. The summed E-state index contributed by atoms with van der Waals surface area (Å²) >= 11 is 12.4. The first-order valence-corrected chi connectivity index (χ1v) is 11.1. The molecular weight excluding hydrogens is 417 g/mol. The summed E-state index contributed by atoms with van der Waals surface area (Å²) in [6, 6.07) is 14.2. The van der Waals surface area contributed by atoms with Crippen LogP contribution in [0, 0.1) is 0 Å². The largest absolute Gasteiger partial charge is 0.265 e. The van der Waals surface area contributed by atoms with E-state index in [1.807, 2.05) is 30.3 Å². The summed E-state index contributed by atoms with van der Waals surface area (Å²) in [6.07, 6.45) is 2.55. The summed E-state index contributed by atoms with van der Waals surface area (Å²) < 4.78 is 29.4. The second-order valence-corrected chi connectivity index (χ2v) is 9.10. The molecule has 1 unspecified atom stereocenters. The van der Waals surface area contributed by atoms with E-state index < -0.39 is 10.0 Å². The van der Waals surface area contributed by atoms with Crippen LogP contribution < -0.4 is 4.72 Å². The van der Waals surface area contributed by atoms with Gasteiger partial charge in [0.2, 0.25) is 0 Å². The Morgan fingerprint density at radius 3 is 2.39 bits per heavy atom. The lowest BCUT2D eigenvalue weighted by Crippen LogP contribution is -2.14. The maximum atomic E-state index is 12.7. The fraction of sp³-hybridized carbons (Fsp3) is 0.250. The molecule has 1 aromatic heterocycles. The van der Waals surface area contributed by atoms with Gasteiger partial charge in [0.15, 0.2) is 5.82 Å². The van der Waals surface area contributed by atoms with Gasteiger partial charge in [0, 0.05) is 11.2 Å². The van der Waals surface area contributed by atoms with E-state index in [1.165, 1.54) is 0 Å². The Kier molecular flexibility index (Phi) is 6.33. The third-order valence-corrected chi connectivity index (χ3v) is 6.61. The smallest absolute Gasteiger partial charge is 0.263 e. The van der Waals surface area contributed by atoms with Gasteiger partial charge in [0.05, 0.1) is 11.4 Å². The third kappa shape index (κ3) is 4.69. The van der Waals surface area contributed by atoms with Crippen molar-refractivity contribution in [3.05, 3.63) is 75.9 Å². The molecule has 0 aliphatic heterocycles. The molecule has 2 aromatic carbocycles. The number of nitrogens with one attached hydrogen (secondary N) is 1. The number of sulfonamides is 1. The molecule has 28 heavy (non-hydrogen) atoms. The van der Waals surface area contributed by atoms with Crippen molar-refractivity contribution in [3.63, 3.8) is 0 Å². The topological polar surface area (TPSA) is 64.0 Å². The number of anilines is 1. The summed E-state index contributed by atoms with van der Waals surface area (Å²) in [5.74, 6) is 0.458. The van der Waals surface area contributed by atoms with Gasteiger partial charge in [0.1, 0.15) is 5.02 Å². The van der Waals surface area contributed by atoms with E-state index in [9.17, 15) is 8.42 Å². The molecule has 0 saturated carbocycles. The van der Waals surface area contributed by atoms with Crippen molar-refractivity contribution in [2.75, 3.05) is 4.72 Å². The Hall–Kier alpha value is -2.02. The Morgan fingerprint density at radius 1 is 1.07 bits per heavy atom. The van der Waals surface area contributed by atoms with Gasteiger partial charge in [-0.2, -0.15) is 5.10 Å². The number of hydrogen-bond acceptors (Lipinski definition) is 3. The van der Waals surface area contributed by atoms with Gasteiger partial charge >= 0.3 is 0 Å². The zero-order valence-corrected chi connectivity index (χ0v) is 17.9. The minimum atomic E-state index is -3.79. The molecule has 1 atom stereocenters. The minimum absolute atomic E-state index is 0.0831. The maximum Gasteiger partial charge on any atom is 0.263 e. The molecule has 148 valence electrons. The zero-order chi connectivity index (χ0) is 20.3. The van der Waals surface area contributed by atoms with Crippen molar-refractivity contribution in [1.29, 1.82) is 0 Å². The van der Waals surface area contributed by atoms with Crippen molar-refractivity contribution in [3.8, 4) is 0 Å². The van der Waals surface area contributed by atoms with Gasteiger partial charge in [-0.1, -0.05) is 67.4 Å². The van der Waals surface area contributed by atoms with Crippen LogP contribution >= 0.6 is 23.2 Å². The van der Waals surface area contributed by atoms with Crippen LogP contribution in [0.25, 0.3) is 0 Å². The number of halogens is 2.